The van der Waals surface area contributed by atoms with Gasteiger partial charge in [0.25, 0.3) is 0 Å². The minimum atomic E-state index is -0.123. The minimum absolute atomic E-state index is 0.107. The molecule has 3 aliphatic rings. The molecule has 4 nitrogen and oxygen atoms in total. The zero-order valence-electron chi connectivity index (χ0n) is 16.0. The number of guanidine groups is 1. The van der Waals surface area contributed by atoms with E-state index in [0.29, 0.717) is 24.6 Å². The maximum atomic E-state index is 14.2. The average molecular weight is 359 g/mol. The van der Waals surface area contributed by atoms with E-state index in [9.17, 15) is 4.39 Å². The number of ether oxygens (including phenoxy) is 1. The summed E-state index contributed by atoms with van der Waals surface area (Å²) in [5.41, 5.74) is 0.801. The van der Waals surface area contributed by atoms with Crippen molar-refractivity contribution >= 4 is 5.96 Å². The highest BCUT2D eigenvalue weighted by Gasteiger charge is 2.59. The number of benzene rings is 1. The Balaban J connectivity index is 1.48. The number of nitrogens with one attached hydrogen (secondary N) is 2. The lowest BCUT2D eigenvalue weighted by molar-refractivity contribution is -0.106. The lowest BCUT2D eigenvalue weighted by atomic mass is 9.57. The summed E-state index contributed by atoms with van der Waals surface area (Å²) in [6, 6.07) is 7.51. The Morgan fingerprint density at radius 1 is 1.31 bits per heavy atom. The highest BCUT2D eigenvalue weighted by molar-refractivity contribution is 5.80. The topological polar surface area (TPSA) is 45.7 Å². The molecule has 3 unspecified atom stereocenters. The van der Waals surface area contributed by atoms with Gasteiger partial charge in [0.15, 0.2) is 5.96 Å². The molecule has 0 bridgehead atoms. The zero-order chi connectivity index (χ0) is 18.4. The molecular weight excluding hydrogens is 329 g/mol. The van der Waals surface area contributed by atoms with Crippen LogP contribution in [0.4, 0.5) is 4.39 Å². The molecule has 0 radical (unpaired) electrons. The molecule has 4 rings (SSSR count). The van der Waals surface area contributed by atoms with Crippen LogP contribution in [0.2, 0.25) is 0 Å². The number of hydrogen-bond acceptors (Lipinski definition) is 2. The molecule has 3 fully saturated rings. The average Bonchev–Trinajstić information content (AvgIpc) is 3.26. The number of hydrogen-bond donors (Lipinski definition) is 2. The second-order valence-corrected chi connectivity index (χ2v) is 8.64. The van der Waals surface area contributed by atoms with Gasteiger partial charge in [-0.05, 0) is 37.8 Å². The van der Waals surface area contributed by atoms with Gasteiger partial charge in [-0.1, -0.05) is 32.0 Å². The summed E-state index contributed by atoms with van der Waals surface area (Å²) in [6.45, 7) is 8.91. The Morgan fingerprint density at radius 3 is 2.77 bits per heavy atom. The quantitative estimate of drug-likeness (QED) is 0.627. The predicted octanol–water partition coefficient (Wildman–Crippen LogP) is 3.23. The smallest absolute Gasteiger partial charge is 0.191 e. The Kier molecular flexibility index (Phi) is 4.46. The third kappa shape index (κ3) is 2.90. The number of halogens is 1. The first-order valence-corrected chi connectivity index (χ1v) is 9.89. The van der Waals surface area contributed by atoms with Gasteiger partial charge in [0.2, 0.25) is 0 Å². The summed E-state index contributed by atoms with van der Waals surface area (Å²) in [7, 11) is 0. The van der Waals surface area contributed by atoms with Gasteiger partial charge in [-0.3, -0.25) is 4.99 Å². The van der Waals surface area contributed by atoms with Crippen LogP contribution in [0.25, 0.3) is 0 Å². The summed E-state index contributed by atoms with van der Waals surface area (Å²) < 4.78 is 20.1. The fourth-order valence-electron chi connectivity index (χ4n) is 4.87. The Labute approximate surface area is 155 Å². The third-order valence-electron chi connectivity index (χ3n) is 6.58. The van der Waals surface area contributed by atoms with E-state index in [1.807, 2.05) is 12.1 Å². The van der Waals surface area contributed by atoms with E-state index in [-0.39, 0.29) is 16.6 Å². The van der Waals surface area contributed by atoms with Crippen LogP contribution in [0.3, 0.4) is 0 Å². The first-order chi connectivity index (χ1) is 12.5. The second kappa shape index (κ2) is 6.52. The number of aliphatic imine (C=N–C) groups is 1. The molecule has 1 saturated heterocycles. The molecule has 1 aliphatic heterocycles. The van der Waals surface area contributed by atoms with E-state index < -0.39 is 0 Å². The van der Waals surface area contributed by atoms with E-state index in [2.05, 4.69) is 31.4 Å². The van der Waals surface area contributed by atoms with E-state index >= 15 is 0 Å². The fraction of sp³-hybridized carbons (Fsp3) is 0.667. The zero-order valence-corrected chi connectivity index (χ0v) is 16.0. The number of fused-ring (bicyclic) bond motifs is 1. The molecule has 5 heteroatoms. The van der Waals surface area contributed by atoms with Crippen LogP contribution < -0.4 is 10.6 Å². The highest BCUT2D eigenvalue weighted by atomic mass is 19.1. The van der Waals surface area contributed by atoms with E-state index in [1.54, 1.807) is 12.1 Å². The molecule has 2 saturated carbocycles. The van der Waals surface area contributed by atoms with Gasteiger partial charge in [0.1, 0.15) is 5.82 Å². The SMILES string of the molecule is CCNC(=NCC1(c2ccccc2F)CC1)NC1C2CCOC2C1(C)C. The molecule has 142 valence electrons. The van der Waals surface area contributed by atoms with Crippen molar-refractivity contribution in [2.45, 2.75) is 57.6 Å². The molecular formula is C21H30FN3O. The van der Waals surface area contributed by atoms with Crippen LogP contribution >= 0.6 is 0 Å². The Hall–Kier alpha value is -1.62. The summed E-state index contributed by atoms with van der Waals surface area (Å²) >= 11 is 0. The van der Waals surface area contributed by atoms with Gasteiger partial charge >= 0.3 is 0 Å². The molecule has 26 heavy (non-hydrogen) atoms. The van der Waals surface area contributed by atoms with Crippen molar-refractivity contribution < 1.29 is 9.13 Å². The van der Waals surface area contributed by atoms with Gasteiger partial charge in [0.05, 0.1) is 12.6 Å². The van der Waals surface area contributed by atoms with E-state index in [0.717, 1.165) is 43.9 Å². The van der Waals surface area contributed by atoms with Crippen molar-refractivity contribution in [1.82, 2.24) is 10.6 Å². The van der Waals surface area contributed by atoms with Crippen LogP contribution in [-0.4, -0.2) is 37.8 Å². The molecule has 1 aromatic rings. The van der Waals surface area contributed by atoms with Crippen molar-refractivity contribution in [3.63, 3.8) is 0 Å². The largest absolute Gasteiger partial charge is 0.377 e. The number of rotatable bonds is 5. The lowest BCUT2D eigenvalue weighted by Gasteiger charge is -2.54. The van der Waals surface area contributed by atoms with Crippen LogP contribution in [0, 0.1) is 17.2 Å². The number of nitrogens with zero attached hydrogens (tertiary/aromatic N) is 1. The Morgan fingerprint density at radius 2 is 2.08 bits per heavy atom. The maximum Gasteiger partial charge on any atom is 0.191 e. The maximum absolute atomic E-state index is 14.2. The lowest BCUT2D eigenvalue weighted by Crippen LogP contribution is -2.68. The Bertz CT molecular complexity index is 698. The first kappa shape index (κ1) is 17.8. The van der Waals surface area contributed by atoms with Crippen molar-refractivity contribution in [3.05, 3.63) is 35.6 Å². The summed E-state index contributed by atoms with van der Waals surface area (Å²) in [5.74, 6) is 1.30. The molecule has 3 atom stereocenters. The molecule has 2 N–H and O–H groups in total. The molecule has 2 aliphatic carbocycles. The summed E-state index contributed by atoms with van der Waals surface area (Å²) in [4.78, 5) is 4.85. The van der Waals surface area contributed by atoms with Gasteiger partial charge in [-0.15, -0.1) is 0 Å². The molecule has 0 spiro atoms. The molecule has 0 amide bonds. The minimum Gasteiger partial charge on any atom is -0.377 e. The van der Waals surface area contributed by atoms with Crippen molar-refractivity contribution in [3.8, 4) is 0 Å². The normalized spacial score (nSPS) is 31.1. The van der Waals surface area contributed by atoms with Gasteiger partial charge < -0.3 is 15.4 Å². The van der Waals surface area contributed by atoms with Crippen LogP contribution in [0.5, 0.6) is 0 Å². The monoisotopic (exact) mass is 359 g/mol. The van der Waals surface area contributed by atoms with Crippen LogP contribution in [-0.2, 0) is 10.2 Å². The van der Waals surface area contributed by atoms with Crippen molar-refractivity contribution in [1.29, 1.82) is 0 Å². The second-order valence-electron chi connectivity index (χ2n) is 8.64. The van der Waals surface area contributed by atoms with Crippen molar-refractivity contribution in [2.75, 3.05) is 19.7 Å². The molecule has 1 heterocycles. The van der Waals surface area contributed by atoms with Gasteiger partial charge in [-0.25, -0.2) is 4.39 Å². The van der Waals surface area contributed by atoms with Crippen LogP contribution in [0.1, 0.15) is 45.6 Å². The summed E-state index contributed by atoms with van der Waals surface area (Å²) in [5, 5.41) is 7.02. The highest BCUT2D eigenvalue weighted by Crippen LogP contribution is 2.52. The first-order valence-electron chi connectivity index (χ1n) is 9.89. The van der Waals surface area contributed by atoms with Crippen LogP contribution in [0.15, 0.2) is 29.3 Å². The summed E-state index contributed by atoms with van der Waals surface area (Å²) in [6.07, 6.45) is 3.48. The van der Waals surface area contributed by atoms with E-state index in [1.165, 1.54) is 0 Å². The standard InChI is InChI=1S/C21H30FN3O/c1-4-23-19(25-17-14-9-12-26-18(14)20(17,2)3)24-13-21(10-11-21)15-7-5-6-8-16(15)22/h5-8,14,17-18H,4,9-13H2,1-3H3,(H2,23,24,25). The fourth-order valence-corrected chi connectivity index (χ4v) is 4.87. The van der Waals surface area contributed by atoms with Gasteiger partial charge in [-0.2, -0.15) is 0 Å². The van der Waals surface area contributed by atoms with Crippen molar-refractivity contribution in [2.24, 2.45) is 16.3 Å². The predicted molar refractivity (Wildman–Crippen MR) is 102 cm³/mol. The molecule has 1 aromatic carbocycles. The third-order valence-corrected chi connectivity index (χ3v) is 6.58. The molecule has 0 aromatic heterocycles. The van der Waals surface area contributed by atoms with E-state index in [4.69, 9.17) is 9.73 Å². The van der Waals surface area contributed by atoms with Gasteiger partial charge in [0, 0.05) is 35.9 Å².